The molecule has 0 amide bonds. The summed E-state index contributed by atoms with van der Waals surface area (Å²) in [6.07, 6.45) is 10.5. The molecule has 2 unspecified atom stereocenters. The molecule has 0 radical (unpaired) electrons. The van der Waals surface area contributed by atoms with Gasteiger partial charge in [0.1, 0.15) is 0 Å². The first-order valence-electron chi connectivity index (χ1n) is 7.55. The van der Waals surface area contributed by atoms with Crippen molar-refractivity contribution in [2.75, 3.05) is 0 Å². The standard InChI is InChI=1S/C19H26N.4ClH.Ti/c1-12-8-14(3)16(10-12)17-11-13(2)9-15(4)18(17)20-19(5,6)7;;;;;/h9-12,15H,1-7H3;4*1H;/q-1;;;;;/p-3. The van der Waals surface area contributed by atoms with Gasteiger partial charge in [0.2, 0.25) is 0 Å². The van der Waals surface area contributed by atoms with Crippen LogP contribution in [0.4, 0.5) is 0 Å². The third-order valence-corrected chi connectivity index (χ3v) is 3.70. The second-order valence-electron chi connectivity index (χ2n) is 7.18. The number of hydrogen-bond donors (Lipinski definition) is 1. The Morgan fingerprint density at radius 3 is 1.84 bits per heavy atom. The van der Waals surface area contributed by atoms with E-state index in [2.05, 4.69) is 77.8 Å². The quantitative estimate of drug-likeness (QED) is 0.296. The normalized spacial score (nSPS) is 23.2. The van der Waals surface area contributed by atoms with Crippen molar-refractivity contribution >= 4 is 5.71 Å². The van der Waals surface area contributed by atoms with Gasteiger partial charge in [-0.3, -0.25) is 6.08 Å². The summed E-state index contributed by atoms with van der Waals surface area (Å²) < 4.78 is 0. The van der Waals surface area contributed by atoms with Gasteiger partial charge in [-0.2, -0.15) is 11.6 Å². The van der Waals surface area contributed by atoms with Gasteiger partial charge in [0.15, 0.2) is 11.3 Å². The van der Waals surface area contributed by atoms with Gasteiger partial charge < -0.3 is 49.6 Å². The second kappa shape index (κ2) is 12.8. The molecule has 2 aliphatic rings. The molecule has 25 heavy (non-hydrogen) atoms. The Morgan fingerprint density at radius 1 is 0.920 bits per heavy atom. The van der Waals surface area contributed by atoms with Gasteiger partial charge in [0, 0.05) is 21.7 Å². The molecule has 0 heterocycles. The molecule has 0 bridgehead atoms. The number of rotatable bonds is 1. The van der Waals surface area contributed by atoms with Crippen LogP contribution in [-0.4, -0.2) is 11.3 Å². The molecule has 144 valence electrons. The summed E-state index contributed by atoms with van der Waals surface area (Å²) in [5, 5.41) is 0. The summed E-state index contributed by atoms with van der Waals surface area (Å²) in [6, 6.07) is 0. The predicted molar refractivity (Wildman–Crippen MR) is 86.4 cm³/mol. The molecule has 0 saturated heterocycles. The Bertz CT molecular complexity index is 581. The molecule has 0 aromatic heterocycles. The minimum absolute atomic E-state index is 0. The van der Waals surface area contributed by atoms with Crippen LogP contribution >= 0.6 is 0 Å². The maximum absolute atomic E-state index is 3.71. The van der Waals surface area contributed by atoms with Crippen molar-refractivity contribution in [3.05, 3.63) is 46.6 Å². The van der Waals surface area contributed by atoms with E-state index in [1.807, 2.05) is 0 Å². The average Bonchev–Trinajstić information content (AvgIpc) is 2.60. The van der Waals surface area contributed by atoms with E-state index >= 15 is 0 Å². The maximum atomic E-state index is 3.71. The van der Waals surface area contributed by atoms with Gasteiger partial charge in [0.05, 0.1) is 5.92 Å². The smallest absolute Gasteiger partial charge is 0.171 e. The van der Waals surface area contributed by atoms with Crippen LogP contribution in [0.25, 0.3) is 0 Å². The molecule has 0 saturated carbocycles. The van der Waals surface area contributed by atoms with Crippen LogP contribution in [0, 0.1) is 17.9 Å². The van der Waals surface area contributed by atoms with Crippen LogP contribution in [0.1, 0.15) is 48.5 Å². The van der Waals surface area contributed by atoms with Gasteiger partial charge in [-0.25, -0.2) is 10.6 Å². The zero-order valence-electron chi connectivity index (χ0n) is 15.9. The zero-order chi connectivity index (χ0) is 15.1. The number of hydrogen-bond acceptors (Lipinski definition) is 0. The molecule has 2 aliphatic carbocycles. The van der Waals surface area contributed by atoms with Gasteiger partial charge in [0.25, 0.3) is 0 Å². The zero-order valence-corrected chi connectivity index (χ0v) is 20.5. The minimum Gasteiger partial charge on any atom is -1.00 e. The van der Waals surface area contributed by atoms with Crippen molar-refractivity contribution < 1.29 is 76.3 Å². The Morgan fingerprint density at radius 2 is 1.44 bits per heavy atom. The monoisotopic (exact) mass is 457 g/mol. The van der Waals surface area contributed by atoms with Crippen LogP contribution in [0.15, 0.2) is 40.5 Å². The Balaban J connectivity index is -0.000000441. The van der Waals surface area contributed by atoms with Crippen LogP contribution in [0.3, 0.4) is 0 Å². The van der Waals surface area contributed by atoms with Gasteiger partial charge in [-0.05, 0) is 40.2 Å². The molecule has 2 atom stereocenters. The molecule has 1 N–H and O–H groups in total. The summed E-state index contributed by atoms with van der Waals surface area (Å²) in [5.41, 5.74) is 6.74. The molecule has 0 spiro atoms. The van der Waals surface area contributed by atoms with Crippen molar-refractivity contribution in [3.63, 3.8) is 0 Å². The Labute approximate surface area is 193 Å². The van der Waals surface area contributed by atoms with E-state index < -0.39 is 0 Å². The fraction of sp³-hybridized carbons (Fsp3) is 0.526. The summed E-state index contributed by atoms with van der Waals surface area (Å²) in [4.78, 5) is 3.71. The first-order valence-corrected chi connectivity index (χ1v) is 7.55. The fourth-order valence-electron chi connectivity index (χ4n) is 3.01. The number of halogens is 4. The SMILES string of the molecule is CC1=[C-]C(C)C=C1C1=CC(C)=CC(C)C1=[NH+]C(C)(C)C.[Cl-].[Cl-].[Cl-].[Cl-].[Ti]. The van der Waals surface area contributed by atoms with Gasteiger partial charge in [-0.15, -0.1) is 0 Å². The van der Waals surface area contributed by atoms with E-state index in [1.165, 1.54) is 28.0 Å². The van der Waals surface area contributed by atoms with Crippen LogP contribution in [-0.2, 0) is 21.7 Å². The Hall–Kier alpha value is 0.504. The van der Waals surface area contributed by atoms with E-state index in [9.17, 15) is 0 Å². The number of allylic oxidation sites excluding steroid dienone is 8. The maximum Gasteiger partial charge on any atom is 0.171 e. The van der Waals surface area contributed by atoms with E-state index in [-0.39, 0.29) is 76.9 Å². The Kier molecular flexibility index (Phi) is 17.0. The molecule has 6 heteroatoms. The fourth-order valence-corrected chi connectivity index (χ4v) is 3.01. The molecule has 1 nitrogen and oxygen atoms in total. The summed E-state index contributed by atoms with van der Waals surface area (Å²) in [7, 11) is 0. The van der Waals surface area contributed by atoms with Gasteiger partial charge in [-0.1, -0.05) is 37.5 Å². The van der Waals surface area contributed by atoms with Crippen LogP contribution in [0.2, 0.25) is 0 Å². The molecule has 0 aliphatic heterocycles. The molecule has 2 rings (SSSR count). The topological polar surface area (TPSA) is 14.0 Å². The van der Waals surface area contributed by atoms with Crippen molar-refractivity contribution in [2.24, 2.45) is 11.8 Å². The van der Waals surface area contributed by atoms with Crippen molar-refractivity contribution in [1.29, 1.82) is 0 Å². The van der Waals surface area contributed by atoms with Crippen LogP contribution < -0.4 is 54.6 Å². The minimum atomic E-state index is 0. The van der Waals surface area contributed by atoms with Crippen LogP contribution in [0.5, 0.6) is 0 Å². The molecule has 0 fully saturated rings. The largest absolute Gasteiger partial charge is 1.00 e. The van der Waals surface area contributed by atoms with E-state index in [1.54, 1.807) is 0 Å². The third-order valence-electron chi connectivity index (χ3n) is 3.70. The van der Waals surface area contributed by atoms with E-state index in [0.29, 0.717) is 11.8 Å². The van der Waals surface area contributed by atoms with Crippen molar-refractivity contribution in [3.8, 4) is 0 Å². The summed E-state index contributed by atoms with van der Waals surface area (Å²) in [6.45, 7) is 15.5. The molecular weight excluding hydrogens is 432 g/mol. The number of nitrogens with one attached hydrogen (secondary N) is 1. The van der Waals surface area contributed by atoms with Crippen molar-refractivity contribution in [2.45, 2.75) is 54.0 Å². The third kappa shape index (κ3) is 8.82. The van der Waals surface area contributed by atoms with Gasteiger partial charge >= 0.3 is 0 Å². The second-order valence-corrected chi connectivity index (χ2v) is 7.18. The van der Waals surface area contributed by atoms with Crippen molar-refractivity contribution in [1.82, 2.24) is 0 Å². The first-order chi connectivity index (χ1) is 9.17. The molecular formula is C19H27Cl4NTi-4. The molecule has 0 aromatic carbocycles. The van der Waals surface area contributed by atoms with E-state index in [4.69, 9.17) is 0 Å². The van der Waals surface area contributed by atoms with E-state index in [0.717, 1.165) is 0 Å². The summed E-state index contributed by atoms with van der Waals surface area (Å²) >= 11 is 0. The molecule has 0 aromatic rings. The first kappa shape index (κ1) is 33.1. The summed E-state index contributed by atoms with van der Waals surface area (Å²) in [5.74, 6) is 0.849. The predicted octanol–water partition coefficient (Wildman–Crippen LogP) is -8.83. The average molecular weight is 459 g/mol.